The molecule has 2 saturated heterocycles. The van der Waals surface area contributed by atoms with Crippen molar-refractivity contribution in [2.75, 3.05) is 13.2 Å². The number of hydrogen-bond donors (Lipinski definition) is 7. The maximum Gasteiger partial charge on any atom is 0.187 e. The van der Waals surface area contributed by atoms with Crippen LogP contribution in [-0.4, -0.2) is 110 Å². The van der Waals surface area contributed by atoms with Crippen LogP contribution in [0, 0.1) is 5.92 Å². The van der Waals surface area contributed by atoms with Crippen LogP contribution in [0.4, 0.5) is 0 Å². The Labute approximate surface area is 157 Å². The Morgan fingerprint density at radius 1 is 0.778 bits per heavy atom. The van der Waals surface area contributed by atoms with Gasteiger partial charge in [-0.25, -0.2) is 0 Å². The zero-order valence-electron chi connectivity index (χ0n) is 15.5. The molecule has 0 aromatic heterocycles. The molecule has 2 unspecified atom stereocenters. The van der Waals surface area contributed by atoms with E-state index in [2.05, 4.69) is 0 Å². The minimum Gasteiger partial charge on any atom is -0.394 e. The van der Waals surface area contributed by atoms with E-state index >= 15 is 0 Å². The molecule has 10 heteroatoms. The van der Waals surface area contributed by atoms with Crippen molar-refractivity contribution in [3.63, 3.8) is 0 Å². The van der Waals surface area contributed by atoms with Crippen molar-refractivity contribution < 1.29 is 50.0 Å². The van der Waals surface area contributed by atoms with E-state index in [0.717, 1.165) is 6.42 Å². The predicted octanol–water partition coefficient (Wildman–Crippen LogP) is -2.91. The molecule has 7 N–H and O–H groups in total. The highest BCUT2D eigenvalue weighted by molar-refractivity contribution is 4.95. The standard InChI is InChI=1S/C17H32O10/c1-3-7(2)4-8-11(20)14(23)16(10(6-19)25-8)27-17-15(24)13(22)12(21)9(5-18)26-17/h7-24H,3-6H2,1-2H3/t7?,8-,9+,10+,11-,12-,13-,14+,15+,16+,17?/m0/s1. The lowest BCUT2D eigenvalue weighted by Gasteiger charge is -2.46. The molecule has 2 heterocycles. The zero-order chi connectivity index (χ0) is 20.3. The van der Waals surface area contributed by atoms with Gasteiger partial charge < -0.3 is 50.0 Å². The van der Waals surface area contributed by atoms with E-state index in [-0.39, 0.29) is 5.92 Å². The molecule has 11 atom stereocenters. The smallest absolute Gasteiger partial charge is 0.187 e. The average molecular weight is 396 g/mol. The van der Waals surface area contributed by atoms with Crippen LogP contribution in [0.2, 0.25) is 0 Å². The van der Waals surface area contributed by atoms with Crippen molar-refractivity contribution in [3.8, 4) is 0 Å². The third-order valence-corrected chi connectivity index (χ3v) is 5.43. The van der Waals surface area contributed by atoms with E-state index in [9.17, 15) is 35.7 Å². The molecule has 10 nitrogen and oxygen atoms in total. The highest BCUT2D eigenvalue weighted by atomic mass is 16.7. The number of aliphatic hydroxyl groups is 7. The molecule has 0 amide bonds. The molecular formula is C17H32O10. The van der Waals surface area contributed by atoms with Crippen LogP contribution in [-0.2, 0) is 14.2 Å². The summed E-state index contributed by atoms with van der Waals surface area (Å²) in [7, 11) is 0. The molecule has 0 bridgehead atoms. The Morgan fingerprint density at radius 3 is 1.93 bits per heavy atom. The third kappa shape index (κ3) is 4.96. The molecule has 2 aliphatic heterocycles. The van der Waals surface area contributed by atoms with Crippen LogP contribution in [0.1, 0.15) is 26.7 Å². The minimum absolute atomic E-state index is 0.235. The molecule has 0 aromatic carbocycles. The van der Waals surface area contributed by atoms with Crippen LogP contribution >= 0.6 is 0 Å². The number of hydrogen-bond acceptors (Lipinski definition) is 10. The average Bonchev–Trinajstić information content (AvgIpc) is 2.67. The monoisotopic (exact) mass is 396 g/mol. The van der Waals surface area contributed by atoms with Crippen molar-refractivity contribution in [2.45, 2.75) is 87.9 Å². The fraction of sp³-hybridized carbons (Fsp3) is 1.00. The van der Waals surface area contributed by atoms with E-state index in [0.29, 0.717) is 6.42 Å². The van der Waals surface area contributed by atoms with Crippen LogP contribution < -0.4 is 0 Å². The van der Waals surface area contributed by atoms with Crippen LogP contribution in [0.5, 0.6) is 0 Å². The molecular weight excluding hydrogens is 364 g/mol. The van der Waals surface area contributed by atoms with Crippen molar-refractivity contribution in [1.82, 2.24) is 0 Å². The second-order valence-corrected chi connectivity index (χ2v) is 7.42. The van der Waals surface area contributed by atoms with Gasteiger partial charge in [0.1, 0.15) is 48.8 Å². The fourth-order valence-electron chi connectivity index (χ4n) is 3.42. The summed E-state index contributed by atoms with van der Waals surface area (Å²) in [6.07, 6.45) is -11.8. The number of ether oxygens (including phenoxy) is 3. The minimum atomic E-state index is -1.66. The normalized spacial score (nSPS) is 47.0. The molecule has 0 spiro atoms. The van der Waals surface area contributed by atoms with Gasteiger partial charge >= 0.3 is 0 Å². The van der Waals surface area contributed by atoms with Gasteiger partial charge in [-0.3, -0.25) is 0 Å². The molecule has 27 heavy (non-hydrogen) atoms. The first-order valence-electron chi connectivity index (χ1n) is 9.33. The highest BCUT2D eigenvalue weighted by Crippen LogP contribution is 2.31. The maximum absolute atomic E-state index is 10.5. The summed E-state index contributed by atoms with van der Waals surface area (Å²) in [5.41, 5.74) is 0. The van der Waals surface area contributed by atoms with Gasteiger partial charge in [0.05, 0.1) is 19.3 Å². The Morgan fingerprint density at radius 2 is 1.37 bits per heavy atom. The number of aliphatic hydroxyl groups excluding tert-OH is 7. The molecule has 2 fully saturated rings. The largest absolute Gasteiger partial charge is 0.394 e. The predicted molar refractivity (Wildman–Crippen MR) is 90.5 cm³/mol. The summed E-state index contributed by atoms with van der Waals surface area (Å²) in [6, 6.07) is 0. The SMILES string of the molecule is CCC(C)C[C@@H]1O[C@H](CO)[C@@H](OC2O[C@H](CO)[C@H](O)[C@H](O)[C@H]2O)[C@H](O)[C@H]1O. The van der Waals surface area contributed by atoms with Gasteiger partial charge in [-0.2, -0.15) is 0 Å². The summed E-state index contributed by atoms with van der Waals surface area (Å²) in [5.74, 6) is 0.235. The van der Waals surface area contributed by atoms with Crippen molar-refractivity contribution in [3.05, 3.63) is 0 Å². The molecule has 2 aliphatic rings. The first-order chi connectivity index (χ1) is 12.7. The topological polar surface area (TPSA) is 169 Å². The summed E-state index contributed by atoms with van der Waals surface area (Å²) < 4.78 is 16.5. The van der Waals surface area contributed by atoms with Crippen molar-refractivity contribution >= 4 is 0 Å². The van der Waals surface area contributed by atoms with Crippen LogP contribution in [0.3, 0.4) is 0 Å². The summed E-state index contributed by atoms with van der Waals surface area (Å²) in [5, 5.41) is 69.5. The first-order valence-corrected chi connectivity index (χ1v) is 9.33. The molecule has 160 valence electrons. The maximum atomic E-state index is 10.5. The zero-order valence-corrected chi connectivity index (χ0v) is 15.5. The van der Waals surface area contributed by atoms with Crippen LogP contribution in [0.25, 0.3) is 0 Å². The van der Waals surface area contributed by atoms with Gasteiger partial charge in [0.2, 0.25) is 0 Å². The van der Waals surface area contributed by atoms with Gasteiger partial charge in [0.15, 0.2) is 6.29 Å². The molecule has 0 aromatic rings. The summed E-state index contributed by atoms with van der Waals surface area (Å²) in [4.78, 5) is 0. The van der Waals surface area contributed by atoms with E-state index < -0.39 is 74.4 Å². The number of rotatable bonds is 7. The van der Waals surface area contributed by atoms with Gasteiger partial charge in [0, 0.05) is 0 Å². The lowest BCUT2D eigenvalue weighted by molar-refractivity contribution is -0.342. The second-order valence-electron chi connectivity index (χ2n) is 7.42. The Hall–Kier alpha value is -0.400. The first kappa shape index (κ1) is 22.9. The van der Waals surface area contributed by atoms with E-state index in [1.807, 2.05) is 13.8 Å². The van der Waals surface area contributed by atoms with E-state index in [1.165, 1.54) is 0 Å². The van der Waals surface area contributed by atoms with Gasteiger partial charge in [-0.15, -0.1) is 0 Å². The lowest BCUT2D eigenvalue weighted by atomic mass is 9.89. The highest BCUT2D eigenvalue weighted by Gasteiger charge is 2.50. The van der Waals surface area contributed by atoms with E-state index in [1.54, 1.807) is 0 Å². The van der Waals surface area contributed by atoms with Crippen LogP contribution in [0.15, 0.2) is 0 Å². The van der Waals surface area contributed by atoms with Crippen molar-refractivity contribution in [1.29, 1.82) is 0 Å². The summed E-state index contributed by atoms with van der Waals surface area (Å²) >= 11 is 0. The molecule has 2 rings (SSSR count). The fourth-order valence-corrected chi connectivity index (χ4v) is 3.42. The van der Waals surface area contributed by atoms with Crippen molar-refractivity contribution in [2.24, 2.45) is 5.92 Å². The van der Waals surface area contributed by atoms with Gasteiger partial charge in [-0.1, -0.05) is 20.3 Å². The summed E-state index contributed by atoms with van der Waals surface area (Å²) in [6.45, 7) is 2.83. The Kier molecular flexibility index (Phi) is 8.37. The molecule has 0 radical (unpaired) electrons. The van der Waals surface area contributed by atoms with Gasteiger partial charge in [-0.05, 0) is 12.3 Å². The third-order valence-electron chi connectivity index (χ3n) is 5.43. The molecule has 0 aliphatic carbocycles. The quantitative estimate of drug-likeness (QED) is 0.237. The molecule has 0 saturated carbocycles. The van der Waals surface area contributed by atoms with Gasteiger partial charge in [0.25, 0.3) is 0 Å². The Balaban J connectivity index is 2.10. The second kappa shape index (κ2) is 9.88. The Bertz CT molecular complexity index is 447. The lowest BCUT2D eigenvalue weighted by Crippen LogP contribution is -2.64. The van der Waals surface area contributed by atoms with E-state index in [4.69, 9.17) is 14.2 Å².